The summed E-state index contributed by atoms with van der Waals surface area (Å²) in [6.07, 6.45) is 4.91. The number of hydrogen-bond acceptors (Lipinski definition) is 3. The maximum absolute atomic E-state index is 11.8. The van der Waals surface area contributed by atoms with Crippen LogP contribution in [0.3, 0.4) is 0 Å². The van der Waals surface area contributed by atoms with Crippen LogP contribution in [0.2, 0.25) is 0 Å². The molecule has 1 unspecified atom stereocenters. The van der Waals surface area contributed by atoms with Gasteiger partial charge in [0.05, 0.1) is 12.5 Å². The number of carbonyl (C=O) groups excluding carboxylic acids is 2. The molecule has 2 rings (SSSR count). The SMILES string of the molecule is C=CCCNC1CC(=O)N(C2CC2)C1=O. The second kappa shape index (κ2) is 4.14. The van der Waals surface area contributed by atoms with Gasteiger partial charge in [0.1, 0.15) is 0 Å². The molecule has 1 aliphatic heterocycles. The lowest BCUT2D eigenvalue weighted by Crippen LogP contribution is -2.40. The highest BCUT2D eigenvalue weighted by molar-refractivity contribution is 6.06. The molecule has 0 aromatic carbocycles. The van der Waals surface area contributed by atoms with Gasteiger partial charge in [0.25, 0.3) is 0 Å². The molecule has 4 nitrogen and oxygen atoms in total. The Balaban J connectivity index is 1.89. The maximum Gasteiger partial charge on any atom is 0.247 e. The summed E-state index contributed by atoms with van der Waals surface area (Å²) in [5.74, 6) is -0.0508. The van der Waals surface area contributed by atoms with E-state index in [1.807, 2.05) is 0 Å². The van der Waals surface area contributed by atoms with Crippen molar-refractivity contribution in [2.45, 2.75) is 37.8 Å². The van der Waals surface area contributed by atoms with Crippen molar-refractivity contribution in [3.63, 3.8) is 0 Å². The molecular weight excluding hydrogens is 192 g/mol. The Morgan fingerprint density at radius 3 is 2.80 bits per heavy atom. The molecule has 1 N–H and O–H groups in total. The van der Waals surface area contributed by atoms with E-state index in [0.29, 0.717) is 13.0 Å². The predicted molar refractivity (Wildman–Crippen MR) is 56.1 cm³/mol. The van der Waals surface area contributed by atoms with Crippen molar-refractivity contribution in [2.24, 2.45) is 0 Å². The predicted octanol–water partition coefficient (Wildman–Crippen LogP) is 0.442. The fourth-order valence-corrected chi connectivity index (χ4v) is 1.89. The minimum Gasteiger partial charge on any atom is -0.305 e. The molecule has 4 heteroatoms. The Labute approximate surface area is 89.3 Å². The number of likely N-dealkylation sites (tertiary alicyclic amines) is 1. The van der Waals surface area contributed by atoms with Gasteiger partial charge in [0, 0.05) is 6.04 Å². The smallest absolute Gasteiger partial charge is 0.247 e. The molecule has 15 heavy (non-hydrogen) atoms. The Kier molecular flexibility index (Phi) is 2.86. The average molecular weight is 208 g/mol. The van der Waals surface area contributed by atoms with Crippen LogP contribution in [0, 0.1) is 0 Å². The van der Waals surface area contributed by atoms with Crippen molar-refractivity contribution < 1.29 is 9.59 Å². The number of nitrogens with one attached hydrogen (secondary N) is 1. The zero-order chi connectivity index (χ0) is 10.8. The fraction of sp³-hybridized carbons (Fsp3) is 0.636. The molecule has 2 amide bonds. The van der Waals surface area contributed by atoms with Gasteiger partial charge in [-0.2, -0.15) is 0 Å². The molecule has 1 aliphatic carbocycles. The first kappa shape index (κ1) is 10.4. The molecule has 0 radical (unpaired) electrons. The van der Waals surface area contributed by atoms with Gasteiger partial charge >= 0.3 is 0 Å². The first-order chi connectivity index (χ1) is 7.24. The summed E-state index contributed by atoms with van der Waals surface area (Å²) in [7, 11) is 0. The fourth-order valence-electron chi connectivity index (χ4n) is 1.89. The molecular formula is C11H16N2O2. The van der Waals surface area contributed by atoms with E-state index in [0.717, 1.165) is 19.3 Å². The Bertz CT molecular complexity index is 297. The third kappa shape index (κ3) is 2.09. The van der Waals surface area contributed by atoms with Gasteiger partial charge in [-0.25, -0.2) is 0 Å². The molecule has 1 atom stereocenters. The summed E-state index contributed by atoms with van der Waals surface area (Å²) in [6.45, 7) is 4.32. The van der Waals surface area contributed by atoms with Crippen LogP contribution in [-0.2, 0) is 9.59 Å². The van der Waals surface area contributed by atoms with Gasteiger partial charge < -0.3 is 5.32 Å². The van der Waals surface area contributed by atoms with Crippen LogP contribution >= 0.6 is 0 Å². The van der Waals surface area contributed by atoms with Gasteiger partial charge in [-0.05, 0) is 25.8 Å². The highest BCUT2D eigenvalue weighted by Gasteiger charge is 2.45. The van der Waals surface area contributed by atoms with Crippen LogP contribution in [-0.4, -0.2) is 35.3 Å². The van der Waals surface area contributed by atoms with Crippen molar-refractivity contribution in [3.05, 3.63) is 12.7 Å². The molecule has 82 valence electrons. The summed E-state index contributed by atoms with van der Waals surface area (Å²) < 4.78 is 0. The van der Waals surface area contributed by atoms with E-state index in [4.69, 9.17) is 0 Å². The Hall–Kier alpha value is -1.16. The lowest BCUT2D eigenvalue weighted by molar-refractivity contribution is -0.139. The van der Waals surface area contributed by atoms with Gasteiger partial charge in [0.15, 0.2) is 0 Å². The molecule has 1 saturated carbocycles. The van der Waals surface area contributed by atoms with E-state index in [1.165, 1.54) is 4.90 Å². The van der Waals surface area contributed by atoms with E-state index in [1.54, 1.807) is 6.08 Å². The lowest BCUT2D eigenvalue weighted by Gasteiger charge is -2.13. The average Bonchev–Trinajstić information content (AvgIpc) is 2.97. The van der Waals surface area contributed by atoms with Crippen LogP contribution in [0.1, 0.15) is 25.7 Å². The number of amides is 2. The quantitative estimate of drug-likeness (QED) is 0.405. The second-order valence-corrected chi connectivity index (χ2v) is 4.12. The standard InChI is InChI=1S/C11H16N2O2/c1-2-3-6-12-9-7-10(14)13(11(9)15)8-4-5-8/h2,8-9,12H,1,3-7H2. The molecule has 0 aromatic heterocycles. The van der Waals surface area contributed by atoms with Crippen molar-refractivity contribution >= 4 is 11.8 Å². The van der Waals surface area contributed by atoms with E-state index in [2.05, 4.69) is 11.9 Å². The van der Waals surface area contributed by atoms with Crippen molar-refractivity contribution in [1.82, 2.24) is 10.2 Å². The van der Waals surface area contributed by atoms with Crippen molar-refractivity contribution in [1.29, 1.82) is 0 Å². The molecule has 0 spiro atoms. The van der Waals surface area contributed by atoms with Crippen LogP contribution in [0.15, 0.2) is 12.7 Å². The minimum absolute atomic E-state index is 0.0152. The highest BCUT2D eigenvalue weighted by atomic mass is 16.2. The highest BCUT2D eigenvalue weighted by Crippen LogP contribution is 2.31. The van der Waals surface area contributed by atoms with Gasteiger partial charge in [0.2, 0.25) is 11.8 Å². The van der Waals surface area contributed by atoms with Crippen LogP contribution in [0.5, 0.6) is 0 Å². The first-order valence-corrected chi connectivity index (χ1v) is 5.44. The number of imide groups is 1. The van der Waals surface area contributed by atoms with Crippen LogP contribution < -0.4 is 5.32 Å². The zero-order valence-corrected chi connectivity index (χ0v) is 8.74. The Morgan fingerprint density at radius 1 is 1.47 bits per heavy atom. The number of rotatable bonds is 5. The zero-order valence-electron chi connectivity index (χ0n) is 8.74. The number of carbonyl (C=O) groups is 2. The molecule has 0 bridgehead atoms. The van der Waals surface area contributed by atoms with Crippen molar-refractivity contribution in [2.75, 3.05) is 6.54 Å². The van der Waals surface area contributed by atoms with E-state index >= 15 is 0 Å². The summed E-state index contributed by atoms with van der Waals surface area (Å²) in [5, 5.41) is 3.09. The molecule has 1 saturated heterocycles. The number of nitrogens with zero attached hydrogens (tertiary/aromatic N) is 1. The van der Waals surface area contributed by atoms with Crippen LogP contribution in [0.4, 0.5) is 0 Å². The normalized spacial score (nSPS) is 26.1. The second-order valence-electron chi connectivity index (χ2n) is 4.12. The lowest BCUT2D eigenvalue weighted by atomic mass is 10.2. The molecule has 0 aromatic rings. The third-order valence-corrected chi connectivity index (χ3v) is 2.83. The van der Waals surface area contributed by atoms with E-state index < -0.39 is 0 Å². The topological polar surface area (TPSA) is 49.4 Å². The maximum atomic E-state index is 11.8. The summed E-state index contributed by atoms with van der Waals surface area (Å²) in [6, 6.07) is -0.0887. The monoisotopic (exact) mass is 208 g/mol. The van der Waals surface area contributed by atoms with Gasteiger partial charge in [-0.15, -0.1) is 6.58 Å². The number of hydrogen-bond donors (Lipinski definition) is 1. The molecule has 2 aliphatic rings. The summed E-state index contributed by atoms with van der Waals surface area (Å²) in [4.78, 5) is 24.8. The summed E-state index contributed by atoms with van der Waals surface area (Å²) >= 11 is 0. The van der Waals surface area contributed by atoms with E-state index in [9.17, 15) is 9.59 Å². The van der Waals surface area contributed by atoms with Gasteiger partial charge in [-0.1, -0.05) is 6.08 Å². The van der Waals surface area contributed by atoms with Crippen LogP contribution in [0.25, 0.3) is 0 Å². The minimum atomic E-state index is -0.293. The summed E-state index contributed by atoms with van der Waals surface area (Å²) in [5.41, 5.74) is 0. The Morgan fingerprint density at radius 2 is 2.20 bits per heavy atom. The van der Waals surface area contributed by atoms with Crippen molar-refractivity contribution in [3.8, 4) is 0 Å². The van der Waals surface area contributed by atoms with E-state index in [-0.39, 0.29) is 23.9 Å². The molecule has 2 fully saturated rings. The molecule has 1 heterocycles. The largest absolute Gasteiger partial charge is 0.305 e. The first-order valence-electron chi connectivity index (χ1n) is 5.44. The third-order valence-electron chi connectivity index (χ3n) is 2.83. The van der Waals surface area contributed by atoms with Gasteiger partial charge in [-0.3, -0.25) is 14.5 Å².